The molecule has 0 spiro atoms. The van der Waals surface area contributed by atoms with Crippen molar-refractivity contribution in [2.45, 2.75) is 50.5 Å². The molecule has 0 atom stereocenters. The number of fused-ring (bicyclic) bond motifs is 1. The summed E-state index contributed by atoms with van der Waals surface area (Å²) in [5.74, 6) is -1.27. The number of carboxylic acid groups (broad SMARTS) is 1. The van der Waals surface area contributed by atoms with E-state index in [9.17, 15) is 18.0 Å². The zero-order valence-corrected chi connectivity index (χ0v) is 18.5. The number of hydrogen-bond donors (Lipinski definition) is 1. The molecule has 0 aromatic heterocycles. The maximum atomic E-state index is 13.4. The van der Waals surface area contributed by atoms with E-state index in [0.717, 1.165) is 24.0 Å². The summed E-state index contributed by atoms with van der Waals surface area (Å²) in [5.41, 5.74) is 2.39. The second-order valence-corrected chi connectivity index (χ2v) is 9.60. The number of anilines is 1. The van der Waals surface area contributed by atoms with Crippen LogP contribution in [0.1, 0.15) is 43.7 Å². The number of carbonyl (C=O) groups is 2. The van der Waals surface area contributed by atoms with Crippen molar-refractivity contribution in [2.24, 2.45) is 0 Å². The van der Waals surface area contributed by atoms with Crippen molar-refractivity contribution in [2.75, 3.05) is 18.0 Å². The number of carboxylic acids is 1. The lowest BCUT2D eigenvalue weighted by Crippen LogP contribution is -2.32. The number of aliphatic carboxylic acids is 1. The fraction of sp³-hybridized carbons (Fsp3) is 0.391. The Morgan fingerprint density at radius 2 is 1.84 bits per heavy atom. The zero-order valence-electron chi connectivity index (χ0n) is 17.7. The lowest BCUT2D eigenvalue weighted by atomic mass is 10.2. The van der Waals surface area contributed by atoms with Crippen molar-refractivity contribution in [3.63, 3.8) is 0 Å². The summed E-state index contributed by atoms with van der Waals surface area (Å²) in [7, 11) is -3.70. The third kappa shape index (κ3) is 5.51. The molecule has 0 unspecified atom stereocenters. The average molecular weight is 445 g/mol. The van der Waals surface area contributed by atoms with E-state index in [-0.39, 0.29) is 23.6 Å². The van der Waals surface area contributed by atoms with E-state index in [2.05, 4.69) is 0 Å². The minimum absolute atomic E-state index is 0.0727. The smallest absolute Gasteiger partial charge is 0.303 e. The standard InChI is InChI=1S/C23H28N2O5S/c1-2-3-14-24(17-18-7-5-4-6-8-18)31(29,30)20-9-10-21-19(16-20)13-15-25(21)22(26)11-12-23(27)28/h4-10,16H,2-3,11-15,17H2,1H3,(H,27,28). The van der Waals surface area contributed by atoms with Gasteiger partial charge < -0.3 is 10.0 Å². The zero-order chi connectivity index (χ0) is 22.4. The molecule has 2 aromatic carbocycles. The van der Waals surface area contributed by atoms with Gasteiger partial charge in [0.25, 0.3) is 0 Å². The van der Waals surface area contributed by atoms with Crippen LogP contribution < -0.4 is 4.90 Å². The highest BCUT2D eigenvalue weighted by Gasteiger charge is 2.29. The summed E-state index contributed by atoms with van der Waals surface area (Å²) in [6.45, 7) is 3.20. The molecule has 166 valence electrons. The topological polar surface area (TPSA) is 95.0 Å². The van der Waals surface area contributed by atoms with Gasteiger partial charge in [-0.1, -0.05) is 43.7 Å². The number of sulfonamides is 1. The number of unbranched alkanes of at least 4 members (excludes halogenated alkanes) is 1. The molecular weight excluding hydrogens is 416 g/mol. The molecular formula is C23H28N2O5S. The van der Waals surface area contributed by atoms with Crippen molar-refractivity contribution in [1.82, 2.24) is 4.31 Å². The van der Waals surface area contributed by atoms with E-state index < -0.39 is 16.0 Å². The van der Waals surface area contributed by atoms with E-state index in [1.807, 2.05) is 37.3 Å². The van der Waals surface area contributed by atoms with Crippen molar-refractivity contribution < 1.29 is 23.1 Å². The Balaban J connectivity index is 1.83. The van der Waals surface area contributed by atoms with Crippen LogP contribution in [0.5, 0.6) is 0 Å². The van der Waals surface area contributed by atoms with Crippen LogP contribution in [0.15, 0.2) is 53.4 Å². The van der Waals surface area contributed by atoms with Gasteiger partial charge in [0, 0.05) is 31.7 Å². The van der Waals surface area contributed by atoms with Crippen molar-refractivity contribution in [1.29, 1.82) is 0 Å². The maximum Gasteiger partial charge on any atom is 0.303 e. The Morgan fingerprint density at radius 1 is 1.10 bits per heavy atom. The van der Waals surface area contributed by atoms with Crippen molar-refractivity contribution >= 4 is 27.6 Å². The normalized spacial score (nSPS) is 13.4. The van der Waals surface area contributed by atoms with Crippen LogP contribution in [0.2, 0.25) is 0 Å². The molecule has 1 amide bonds. The Hall–Kier alpha value is -2.71. The highest BCUT2D eigenvalue weighted by molar-refractivity contribution is 7.89. The predicted molar refractivity (Wildman–Crippen MR) is 118 cm³/mol. The quantitative estimate of drug-likeness (QED) is 0.606. The first-order valence-electron chi connectivity index (χ1n) is 10.5. The van der Waals surface area contributed by atoms with Gasteiger partial charge in [-0.25, -0.2) is 8.42 Å². The monoisotopic (exact) mass is 444 g/mol. The van der Waals surface area contributed by atoms with Crippen LogP contribution >= 0.6 is 0 Å². The number of carbonyl (C=O) groups excluding carboxylic acids is 1. The molecule has 7 nitrogen and oxygen atoms in total. The number of hydrogen-bond acceptors (Lipinski definition) is 4. The molecule has 2 aromatic rings. The van der Waals surface area contributed by atoms with Gasteiger partial charge in [0.2, 0.25) is 15.9 Å². The van der Waals surface area contributed by atoms with E-state index in [1.54, 1.807) is 23.1 Å². The molecule has 0 saturated carbocycles. The number of rotatable bonds is 10. The maximum absolute atomic E-state index is 13.4. The second-order valence-electron chi connectivity index (χ2n) is 7.66. The number of benzene rings is 2. The van der Waals surface area contributed by atoms with Gasteiger partial charge in [-0.15, -0.1) is 0 Å². The SMILES string of the molecule is CCCCN(Cc1ccccc1)S(=O)(=O)c1ccc2c(c1)CCN2C(=O)CCC(=O)O. The highest BCUT2D eigenvalue weighted by Crippen LogP contribution is 2.32. The van der Waals surface area contributed by atoms with Gasteiger partial charge in [0.15, 0.2) is 0 Å². The lowest BCUT2D eigenvalue weighted by molar-refractivity contribution is -0.138. The second kappa shape index (κ2) is 10.1. The van der Waals surface area contributed by atoms with Gasteiger partial charge in [0.1, 0.15) is 0 Å². The lowest BCUT2D eigenvalue weighted by Gasteiger charge is -2.23. The Morgan fingerprint density at radius 3 is 2.52 bits per heavy atom. The summed E-state index contributed by atoms with van der Waals surface area (Å²) in [6, 6.07) is 14.4. The minimum atomic E-state index is -3.70. The van der Waals surface area contributed by atoms with Gasteiger partial charge >= 0.3 is 5.97 Å². The molecule has 0 aliphatic carbocycles. The van der Waals surface area contributed by atoms with Crippen LogP contribution in [0.3, 0.4) is 0 Å². The third-order valence-corrected chi connectivity index (χ3v) is 7.24. The molecule has 3 rings (SSSR count). The van der Waals surface area contributed by atoms with Crippen molar-refractivity contribution in [3.05, 3.63) is 59.7 Å². The van der Waals surface area contributed by atoms with Gasteiger partial charge in [-0.2, -0.15) is 4.31 Å². The summed E-state index contributed by atoms with van der Waals surface area (Å²) in [5, 5.41) is 8.80. The van der Waals surface area contributed by atoms with Crippen LogP contribution in [0.25, 0.3) is 0 Å². The van der Waals surface area contributed by atoms with Crippen LogP contribution in [-0.2, 0) is 32.6 Å². The van der Waals surface area contributed by atoms with E-state index >= 15 is 0 Å². The number of nitrogens with zero attached hydrogens (tertiary/aromatic N) is 2. The predicted octanol–water partition coefficient (Wildman–Crippen LogP) is 3.43. The van der Waals surface area contributed by atoms with E-state index in [0.29, 0.717) is 31.7 Å². The molecule has 8 heteroatoms. The Labute approximate surface area is 183 Å². The van der Waals surface area contributed by atoms with Crippen LogP contribution in [0, 0.1) is 0 Å². The third-order valence-electron chi connectivity index (χ3n) is 5.40. The first-order chi connectivity index (χ1) is 14.8. The van der Waals surface area contributed by atoms with Gasteiger partial charge in [0.05, 0.1) is 11.3 Å². The molecule has 0 bridgehead atoms. The summed E-state index contributed by atoms with van der Waals surface area (Å²) in [6.07, 6.45) is 1.91. The van der Waals surface area contributed by atoms with E-state index in [4.69, 9.17) is 5.11 Å². The highest BCUT2D eigenvalue weighted by atomic mass is 32.2. The van der Waals surface area contributed by atoms with Gasteiger partial charge in [-0.05, 0) is 42.2 Å². The molecule has 0 fully saturated rings. The fourth-order valence-electron chi connectivity index (χ4n) is 3.70. The average Bonchev–Trinajstić information content (AvgIpc) is 3.19. The molecule has 0 saturated heterocycles. The molecule has 1 aliphatic heterocycles. The Bertz CT molecular complexity index is 1040. The molecule has 1 N–H and O–H groups in total. The van der Waals surface area contributed by atoms with Crippen molar-refractivity contribution in [3.8, 4) is 0 Å². The van der Waals surface area contributed by atoms with Crippen LogP contribution in [-0.4, -0.2) is 42.8 Å². The summed E-state index contributed by atoms with van der Waals surface area (Å²) < 4.78 is 28.3. The van der Waals surface area contributed by atoms with E-state index in [1.165, 1.54) is 4.31 Å². The largest absolute Gasteiger partial charge is 0.481 e. The minimum Gasteiger partial charge on any atom is -0.481 e. The molecule has 31 heavy (non-hydrogen) atoms. The Kier molecular flexibility index (Phi) is 7.46. The van der Waals surface area contributed by atoms with Crippen LogP contribution in [0.4, 0.5) is 5.69 Å². The number of amides is 1. The summed E-state index contributed by atoms with van der Waals surface area (Å²) in [4.78, 5) is 24.9. The molecule has 0 radical (unpaired) electrons. The fourth-order valence-corrected chi connectivity index (χ4v) is 5.22. The molecule has 1 heterocycles. The molecule has 1 aliphatic rings. The van der Waals surface area contributed by atoms with Gasteiger partial charge in [-0.3, -0.25) is 9.59 Å². The first kappa shape index (κ1) is 23.0. The summed E-state index contributed by atoms with van der Waals surface area (Å²) >= 11 is 0. The first-order valence-corrected chi connectivity index (χ1v) is 12.0.